The molecule has 0 aromatic heterocycles. The Hall–Kier alpha value is -1.92. The van der Waals surface area contributed by atoms with Gasteiger partial charge < -0.3 is 10.6 Å². The molecule has 0 aliphatic rings. The summed E-state index contributed by atoms with van der Waals surface area (Å²) >= 11 is 8.35. The van der Waals surface area contributed by atoms with Gasteiger partial charge in [0.2, 0.25) is 0 Å². The van der Waals surface area contributed by atoms with Crippen LogP contribution in [0.3, 0.4) is 0 Å². The van der Waals surface area contributed by atoms with Crippen LogP contribution in [0.15, 0.2) is 58.3 Å². The van der Waals surface area contributed by atoms with Crippen LogP contribution in [0.2, 0.25) is 0 Å². The first-order valence-electron chi connectivity index (χ1n) is 7.21. The number of rotatable bonds is 6. The van der Waals surface area contributed by atoms with E-state index in [0.717, 1.165) is 9.79 Å². The van der Waals surface area contributed by atoms with Crippen LogP contribution in [0.5, 0.6) is 0 Å². The first-order chi connectivity index (χ1) is 11.1. The summed E-state index contributed by atoms with van der Waals surface area (Å²) in [6.07, 6.45) is 0.660. The molecule has 0 fully saturated rings. The summed E-state index contributed by atoms with van der Waals surface area (Å²) in [5, 5.41) is 5.63. The normalized spacial score (nSPS) is 10.2. The average molecular weight is 346 g/mol. The van der Waals surface area contributed by atoms with Crippen molar-refractivity contribution >= 4 is 37.1 Å². The van der Waals surface area contributed by atoms with Gasteiger partial charge in [-0.2, -0.15) is 0 Å². The molecule has 4 nitrogen and oxygen atoms in total. The Labute approximate surface area is 146 Å². The summed E-state index contributed by atoms with van der Waals surface area (Å²) in [6.45, 7) is 0.995. The highest BCUT2D eigenvalue weighted by molar-refractivity contribution is 7.80. The summed E-state index contributed by atoms with van der Waals surface area (Å²) in [5.41, 5.74) is 1.19. The maximum absolute atomic E-state index is 11.9. The molecule has 2 rings (SSSR count). The van der Waals surface area contributed by atoms with Gasteiger partial charge in [-0.15, -0.1) is 25.3 Å². The molecule has 0 aliphatic heterocycles. The lowest BCUT2D eigenvalue weighted by molar-refractivity contribution is 0.0951. The zero-order valence-corrected chi connectivity index (χ0v) is 14.2. The van der Waals surface area contributed by atoms with Gasteiger partial charge in [0.25, 0.3) is 11.8 Å². The maximum atomic E-state index is 11.9. The van der Waals surface area contributed by atoms with Crippen molar-refractivity contribution < 1.29 is 9.59 Å². The third-order valence-corrected chi connectivity index (χ3v) is 3.78. The Bertz CT molecular complexity index is 610. The molecule has 2 aromatic carbocycles. The number of carbonyl (C=O) groups is 2. The molecule has 0 aliphatic carbocycles. The molecule has 0 bridgehead atoms. The van der Waals surface area contributed by atoms with E-state index in [-0.39, 0.29) is 11.8 Å². The first-order valence-corrected chi connectivity index (χ1v) is 8.10. The minimum atomic E-state index is -0.131. The number of carbonyl (C=O) groups excluding carboxylic acids is 2. The van der Waals surface area contributed by atoms with Gasteiger partial charge in [0.1, 0.15) is 0 Å². The number of nitrogens with one attached hydrogen (secondary N) is 2. The molecule has 120 valence electrons. The molecular weight excluding hydrogens is 328 g/mol. The number of amides is 2. The number of hydrogen-bond donors (Lipinski definition) is 4. The highest BCUT2D eigenvalue weighted by atomic mass is 32.1. The molecular formula is C17H18N2O2S2. The van der Waals surface area contributed by atoms with Crippen molar-refractivity contribution in [1.82, 2.24) is 10.6 Å². The average Bonchev–Trinajstić information content (AvgIpc) is 2.55. The van der Waals surface area contributed by atoms with Gasteiger partial charge in [0.05, 0.1) is 0 Å². The molecule has 23 heavy (non-hydrogen) atoms. The maximum Gasteiger partial charge on any atom is 0.251 e. The molecule has 0 unspecified atom stereocenters. The summed E-state index contributed by atoms with van der Waals surface area (Å²) in [5.74, 6) is -0.261. The fraction of sp³-hybridized carbons (Fsp3) is 0.176. The molecule has 6 heteroatoms. The Morgan fingerprint density at radius 3 is 1.39 bits per heavy atom. The molecule has 0 saturated carbocycles. The summed E-state index contributed by atoms with van der Waals surface area (Å²) < 4.78 is 0. The van der Waals surface area contributed by atoms with E-state index < -0.39 is 0 Å². The molecule has 0 saturated heterocycles. The molecule has 2 amide bonds. The Kier molecular flexibility index (Phi) is 6.55. The van der Waals surface area contributed by atoms with Crippen LogP contribution in [0.4, 0.5) is 0 Å². The SMILES string of the molecule is O=C(NCCCNC(=O)c1ccc(S)cc1)c1ccc(S)cc1. The van der Waals surface area contributed by atoms with E-state index in [0.29, 0.717) is 30.6 Å². The fourth-order valence-electron chi connectivity index (χ4n) is 1.92. The van der Waals surface area contributed by atoms with Gasteiger partial charge in [-0.1, -0.05) is 0 Å². The molecule has 2 N–H and O–H groups in total. The predicted octanol–water partition coefficient (Wildman–Crippen LogP) is 2.81. The third kappa shape index (κ3) is 5.65. The van der Waals surface area contributed by atoms with E-state index >= 15 is 0 Å². The van der Waals surface area contributed by atoms with E-state index in [1.807, 2.05) is 0 Å². The second kappa shape index (κ2) is 8.64. The Morgan fingerprint density at radius 2 is 1.04 bits per heavy atom. The molecule has 0 radical (unpaired) electrons. The first kappa shape index (κ1) is 17.4. The predicted molar refractivity (Wildman–Crippen MR) is 96.7 cm³/mol. The molecule has 0 heterocycles. The third-order valence-electron chi connectivity index (χ3n) is 3.18. The summed E-state index contributed by atoms with van der Waals surface area (Å²) in [7, 11) is 0. The minimum absolute atomic E-state index is 0.131. The summed E-state index contributed by atoms with van der Waals surface area (Å²) in [6, 6.07) is 14.0. The van der Waals surface area contributed by atoms with Crippen molar-refractivity contribution in [1.29, 1.82) is 0 Å². The second-order valence-electron chi connectivity index (χ2n) is 4.96. The van der Waals surface area contributed by atoms with Crippen LogP contribution < -0.4 is 10.6 Å². The lowest BCUT2D eigenvalue weighted by Crippen LogP contribution is -2.29. The van der Waals surface area contributed by atoms with Crippen LogP contribution in [0.25, 0.3) is 0 Å². The van der Waals surface area contributed by atoms with Crippen LogP contribution >= 0.6 is 25.3 Å². The van der Waals surface area contributed by atoms with E-state index in [2.05, 4.69) is 35.9 Å². The second-order valence-corrected chi connectivity index (χ2v) is 5.99. The van der Waals surface area contributed by atoms with Gasteiger partial charge in [-0.25, -0.2) is 0 Å². The van der Waals surface area contributed by atoms with Gasteiger partial charge in [-0.05, 0) is 55.0 Å². The van der Waals surface area contributed by atoms with E-state index in [9.17, 15) is 9.59 Å². The van der Waals surface area contributed by atoms with E-state index in [1.165, 1.54) is 0 Å². The van der Waals surface area contributed by atoms with Crippen molar-refractivity contribution in [3.63, 3.8) is 0 Å². The van der Waals surface area contributed by atoms with Crippen LogP contribution in [-0.4, -0.2) is 24.9 Å². The van der Waals surface area contributed by atoms with Gasteiger partial charge in [0.15, 0.2) is 0 Å². The number of hydrogen-bond acceptors (Lipinski definition) is 4. The summed E-state index contributed by atoms with van der Waals surface area (Å²) in [4.78, 5) is 25.4. The van der Waals surface area contributed by atoms with E-state index in [1.54, 1.807) is 48.5 Å². The standard InChI is InChI=1S/C17H18N2O2S2/c20-16(12-2-6-14(22)7-3-12)18-10-1-11-19-17(21)13-4-8-15(23)9-5-13/h2-9,22-23H,1,10-11H2,(H,18,20)(H,19,21). The van der Waals surface area contributed by atoms with Crippen molar-refractivity contribution in [2.45, 2.75) is 16.2 Å². The highest BCUT2D eigenvalue weighted by Crippen LogP contribution is 2.08. The van der Waals surface area contributed by atoms with Crippen molar-refractivity contribution in [2.75, 3.05) is 13.1 Å². The van der Waals surface area contributed by atoms with Crippen LogP contribution in [0.1, 0.15) is 27.1 Å². The smallest absolute Gasteiger partial charge is 0.251 e. The molecule has 2 aromatic rings. The largest absolute Gasteiger partial charge is 0.352 e. The monoisotopic (exact) mass is 346 g/mol. The molecule has 0 spiro atoms. The minimum Gasteiger partial charge on any atom is -0.352 e. The zero-order chi connectivity index (χ0) is 16.7. The lowest BCUT2D eigenvalue weighted by atomic mass is 10.2. The lowest BCUT2D eigenvalue weighted by Gasteiger charge is -2.07. The number of thiol groups is 2. The van der Waals surface area contributed by atoms with Crippen molar-refractivity contribution in [3.05, 3.63) is 59.7 Å². The van der Waals surface area contributed by atoms with Crippen LogP contribution in [-0.2, 0) is 0 Å². The Morgan fingerprint density at radius 1 is 0.696 bits per heavy atom. The fourth-order valence-corrected chi connectivity index (χ4v) is 2.22. The zero-order valence-electron chi connectivity index (χ0n) is 12.5. The highest BCUT2D eigenvalue weighted by Gasteiger charge is 2.05. The van der Waals surface area contributed by atoms with Gasteiger partial charge in [-0.3, -0.25) is 9.59 Å². The van der Waals surface area contributed by atoms with E-state index in [4.69, 9.17) is 0 Å². The van der Waals surface area contributed by atoms with Gasteiger partial charge >= 0.3 is 0 Å². The number of benzene rings is 2. The van der Waals surface area contributed by atoms with Crippen molar-refractivity contribution in [3.8, 4) is 0 Å². The molecule has 0 atom stereocenters. The van der Waals surface area contributed by atoms with Crippen LogP contribution in [0, 0.1) is 0 Å². The topological polar surface area (TPSA) is 58.2 Å². The Balaban J connectivity index is 1.67. The van der Waals surface area contributed by atoms with Crippen molar-refractivity contribution in [2.24, 2.45) is 0 Å². The van der Waals surface area contributed by atoms with Gasteiger partial charge in [0, 0.05) is 34.0 Å². The quantitative estimate of drug-likeness (QED) is 0.480.